The highest BCUT2D eigenvalue weighted by molar-refractivity contribution is 6.04. The minimum atomic E-state index is 0.850. The molecule has 2 aromatic heterocycles. The number of oxazole rings is 1. The lowest BCUT2D eigenvalue weighted by molar-refractivity contribution is 0.414. The molecule has 0 saturated heterocycles. The fraction of sp³-hybridized carbons (Fsp3) is 0.308. The van der Waals surface area contributed by atoms with Gasteiger partial charge in [-0.3, -0.25) is 0 Å². The topological polar surface area (TPSA) is 45.1 Å². The molecule has 3 aromatic rings. The van der Waals surface area contributed by atoms with Crippen LogP contribution in [-0.2, 0) is 6.42 Å². The standard InChI is InChI=1S/C13H15N3O/c1-16(2)6-5-9-7-14-10-3-4-11-13(12(9)10)15-8-17-11/h3-4,7-8,14H,5-6H2,1-2H3. The van der Waals surface area contributed by atoms with E-state index in [1.165, 1.54) is 17.3 Å². The Balaban J connectivity index is 2.14. The molecule has 0 spiro atoms. The van der Waals surface area contributed by atoms with Crippen molar-refractivity contribution < 1.29 is 4.42 Å². The predicted octanol–water partition coefficient (Wildman–Crippen LogP) is 2.41. The zero-order valence-electron chi connectivity index (χ0n) is 10.0. The number of H-pyrrole nitrogens is 1. The van der Waals surface area contributed by atoms with E-state index in [1.54, 1.807) is 0 Å². The lowest BCUT2D eigenvalue weighted by Crippen LogP contribution is -2.14. The Morgan fingerprint density at radius 1 is 1.35 bits per heavy atom. The number of nitrogens with one attached hydrogen (secondary N) is 1. The molecule has 0 saturated carbocycles. The van der Waals surface area contributed by atoms with Crippen molar-refractivity contribution in [3.8, 4) is 0 Å². The van der Waals surface area contributed by atoms with E-state index in [0.29, 0.717) is 0 Å². The van der Waals surface area contributed by atoms with E-state index in [1.807, 2.05) is 12.1 Å². The zero-order valence-corrected chi connectivity index (χ0v) is 10.0. The van der Waals surface area contributed by atoms with Crippen molar-refractivity contribution in [3.05, 3.63) is 30.3 Å². The molecule has 0 unspecified atom stereocenters. The van der Waals surface area contributed by atoms with E-state index >= 15 is 0 Å². The molecule has 0 bridgehead atoms. The summed E-state index contributed by atoms with van der Waals surface area (Å²) in [6, 6.07) is 4.00. The first-order chi connectivity index (χ1) is 8.25. The molecule has 0 aliphatic carbocycles. The Morgan fingerprint density at radius 3 is 3.06 bits per heavy atom. The average molecular weight is 229 g/mol. The molecular weight excluding hydrogens is 214 g/mol. The van der Waals surface area contributed by atoms with E-state index in [2.05, 4.69) is 35.2 Å². The van der Waals surface area contributed by atoms with Gasteiger partial charge in [0.15, 0.2) is 12.0 Å². The lowest BCUT2D eigenvalue weighted by Gasteiger charge is -2.08. The maximum atomic E-state index is 5.34. The van der Waals surface area contributed by atoms with Crippen LogP contribution < -0.4 is 0 Å². The minimum absolute atomic E-state index is 0.850. The van der Waals surface area contributed by atoms with Gasteiger partial charge in [0, 0.05) is 23.6 Å². The fourth-order valence-electron chi connectivity index (χ4n) is 2.15. The molecular formula is C13H15N3O. The number of aromatic nitrogens is 2. The highest BCUT2D eigenvalue weighted by Gasteiger charge is 2.10. The summed E-state index contributed by atoms with van der Waals surface area (Å²) in [6.45, 7) is 1.03. The van der Waals surface area contributed by atoms with Crippen LogP contribution in [0.4, 0.5) is 0 Å². The average Bonchev–Trinajstić information content (AvgIpc) is 2.91. The Bertz CT molecular complexity index is 651. The first kappa shape index (κ1) is 10.4. The fourth-order valence-corrected chi connectivity index (χ4v) is 2.15. The van der Waals surface area contributed by atoms with E-state index in [-0.39, 0.29) is 0 Å². The third kappa shape index (κ3) is 1.70. The first-order valence-corrected chi connectivity index (χ1v) is 5.72. The Labute approximate surface area is 99.2 Å². The van der Waals surface area contributed by atoms with Crippen molar-refractivity contribution in [2.24, 2.45) is 0 Å². The molecule has 1 N–H and O–H groups in total. The van der Waals surface area contributed by atoms with Crippen molar-refractivity contribution in [2.75, 3.05) is 20.6 Å². The lowest BCUT2D eigenvalue weighted by atomic mass is 10.1. The molecule has 1 aromatic carbocycles. The summed E-state index contributed by atoms with van der Waals surface area (Å²) >= 11 is 0. The quantitative estimate of drug-likeness (QED) is 0.750. The van der Waals surface area contributed by atoms with Gasteiger partial charge in [-0.05, 0) is 38.2 Å². The van der Waals surface area contributed by atoms with Crippen molar-refractivity contribution in [1.82, 2.24) is 14.9 Å². The summed E-state index contributed by atoms with van der Waals surface area (Å²) < 4.78 is 5.34. The smallest absolute Gasteiger partial charge is 0.182 e. The summed E-state index contributed by atoms with van der Waals surface area (Å²) in [5.74, 6) is 0. The number of hydrogen-bond acceptors (Lipinski definition) is 3. The Kier molecular flexibility index (Phi) is 2.37. The second kappa shape index (κ2) is 3.89. The molecule has 4 nitrogen and oxygen atoms in total. The number of aromatic amines is 1. The molecule has 3 rings (SSSR count). The number of nitrogens with zero attached hydrogens (tertiary/aromatic N) is 2. The third-order valence-electron chi connectivity index (χ3n) is 3.05. The molecule has 17 heavy (non-hydrogen) atoms. The molecule has 0 amide bonds. The van der Waals surface area contributed by atoms with Crippen LogP contribution in [0.2, 0.25) is 0 Å². The van der Waals surface area contributed by atoms with Gasteiger partial charge >= 0.3 is 0 Å². The van der Waals surface area contributed by atoms with Crippen LogP contribution in [-0.4, -0.2) is 35.5 Å². The van der Waals surface area contributed by atoms with Crippen molar-refractivity contribution in [3.63, 3.8) is 0 Å². The van der Waals surface area contributed by atoms with Gasteiger partial charge in [0.25, 0.3) is 0 Å². The van der Waals surface area contributed by atoms with Crippen LogP contribution in [0.25, 0.3) is 22.0 Å². The maximum absolute atomic E-state index is 5.34. The number of fused-ring (bicyclic) bond motifs is 3. The SMILES string of the molecule is CN(C)CCc1c[nH]c2ccc3ocnc3c12. The van der Waals surface area contributed by atoms with E-state index in [9.17, 15) is 0 Å². The van der Waals surface area contributed by atoms with E-state index in [4.69, 9.17) is 4.42 Å². The molecule has 2 heterocycles. The number of rotatable bonds is 3. The van der Waals surface area contributed by atoms with Crippen molar-refractivity contribution >= 4 is 22.0 Å². The summed E-state index contributed by atoms with van der Waals surface area (Å²) in [7, 11) is 4.17. The van der Waals surface area contributed by atoms with Gasteiger partial charge in [-0.15, -0.1) is 0 Å². The normalized spacial score (nSPS) is 11.9. The largest absolute Gasteiger partial charge is 0.443 e. The minimum Gasteiger partial charge on any atom is -0.443 e. The van der Waals surface area contributed by atoms with Crippen LogP contribution in [0, 0.1) is 0 Å². The highest BCUT2D eigenvalue weighted by atomic mass is 16.3. The van der Waals surface area contributed by atoms with Crippen LogP contribution in [0.3, 0.4) is 0 Å². The predicted molar refractivity (Wildman–Crippen MR) is 68.1 cm³/mol. The molecule has 88 valence electrons. The molecule has 0 fully saturated rings. The van der Waals surface area contributed by atoms with Crippen LogP contribution >= 0.6 is 0 Å². The second-order valence-corrected chi connectivity index (χ2v) is 4.55. The second-order valence-electron chi connectivity index (χ2n) is 4.55. The number of benzene rings is 1. The van der Waals surface area contributed by atoms with Crippen LogP contribution in [0.15, 0.2) is 29.1 Å². The summed E-state index contributed by atoms with van der Waals surface area (Å²) in [5.41, 5.74) is 4.23. The van der Waals surface area contributed by atoms with Gasteiger partial charge in [0.05, 0.1) is 0 Å². The van der Waals surface area contributed by atoms with Crippen LogP contribution in [0.5, 0.6) is 0 Å². The van der Waals surface area contributed by atoms with E-state index in [0.717, 1.165) is 29.6 Å². The van der Waals surface area contributed by atoms with Gasteiger partial charge in [-0.2, -0.15) is 0 Å². The molecule has 0 aliphatic heterocycles. The zero-order chi connectivity index (χ0) is 11.8. The van der Waals surface area contributed by atoms with Gasteiger partial charge in [0.1, 0.15) is 5.52 Å². The van der Waals surface area contributed by atoms with Gasteiger partial charge in [-0.25, -0.2) is 4.98 Å². The monoisotopic (exact) mass is 229 g/mol. The molecule has 0 atom stereocenters. The number of likely N-dealkylation sites (N-methyl/N-ethyl adjacent to an activating group) is 1. The van der Waals surface area contributed by atoms with E-state index < -0.39 is 0 Å². The molecule has 4 heteroatoms. The summed E-state index contributed by atoms with van der Waals surface area (Å²) in [6.07, 6.45) is 4.59. The molecule has 0 radical (unpaired) electrons. The Morgan fingerprint density at radius 2 is 2.24 bits per heavy atom. The summed E-state index contributed by atoms with van der Waals surface area (Å²) in [5, 5.41) is 1.19. The van der Waals surface area contributed by atoms with Crippen LogP contribution in [0.1, 0.15) is 5.56 Å². The van der Waals surface area contributed by atoms with Crippen molar-refractivity contribution in [1.29, 1.82) is 0 Å². The number of hydrogen-bond donors (Lipinski definition) is 1. The Hall–Kier alpha value is -1.81. The summed E-state index contributed by atoms with van der Waals surface area (Å²) in [4.78, 5) is 9.78. The third-order valence-corrected chi connectivity index (χ3v) is 3.05. The van der Waals surface area contributed by atoms with Gasteiger partial charge in [-0.1, -0.05) is 0 Å². The van der Waals surface area contributed by atoms with Gasteiger partial charge in [0.2, 0.25) is 0 Å². The van der Waals surface area contributed by atoms with Gasteiger partial charge < -0.3 is 14.3 Å². The molecule has 0 aliphatic rings. The maximum Gasteiger partial charge on any atom is 0.182 e. The highest BCUT2D eigenvalue weighted by Crippen LogP contribution is 2.27. The van der Waals surface area contributed by atoms with Crippen molar-refractivity contribution in [2.45, 2.75) is 6.42 Å². The first-order valence-electron chi connectivity index (χ1n) is 5.72.